The average Bonchev–Trinajstić information content (AvgIpc) is 3.06. The number of hydrogen-bond donors (Lipinski definition) is 0. The summed E-state index contributed by atoms with van der Waals surface area (Å²) in [6.07, 6.45) is 1.57. The molecule has 6 nitrogen and oxygen atoms in total. The van der Waals surface area contributed by atoms with Gasteiger partial charge in [0.25, 0.3) is 5.56 Å². The van der Waals surface area contributed by atoms with Crippen LogP contribution in [0.1, 0.15) is 29.7 Å². The number of rotatable bonds is 3. The molecule has 0 aliphatic carbocycles. The highest BCUT2D eigenvalue weighted by Crippen LogP contribution is 2.18. The summed E-state index contributed by atoms with van der Waals surface area (Å²) in [5.74, 6) is 0. The maximum Gasteiger partial charge on any atom is 0.284 e. The second-order valence-corrected chi connectivity index (χ2v) is 6.56. The van der Waals surface area contributed by atoms with Crippen molar-refractivity contribution >= 4 is 11.2 Å². The van der Waals surface area contributed by atoms with Crippen molar-refractivity contribution in [3.8, 4) is 5.69 Å². The number of aromatic nitrogens is 5. The molecule has 0 saturated heterocycles. The maximum atomic E-state index is 12.9. The predicted molar refractivity (Wildman–Crippen MR) is 101 cm³/mol. The van der Waals surface area contributed by atoms with Crippen molar-refractivity contribution < 1.29 is 0 Å². The van der Waals surface area contributed by atoms with Crippen molar-refractivity contribution in [1.29, 1.82) is 0 Å². The first-order valence-electron chi connectivity index (χ1n) is 8.51. The number of hydrogen-bond acceptors (Lipinski definition) is 4. The summed E-state index contributed by atoms with van der Waals surface area (Å²) in [7, 11) is 0. The largest absolute Gasteiger partial charge is 0.290 e. The SMILES string of the molecule is Cc1cc(C)cc(-n2nnc3c(=O)n([C@H](C)c4ccccc4)cnc32)c1. The summed E-state index contributed by atoms with van der Waals surface area (Å²) in [5, 5.41) is 8.28. The lowest BCUT2D eigenvalue weighted by molar-refractivity contribution is 0.607. The molecule has 2 heterocycles. The van der Waals surface area contributed by atoms with E-state index in [0.717, 1.165) is 22.4 Å². The molecule has 26 heavy (non-hydrogen) atoms. The summed E-state index contributed by atoms with van der Waals surface area (Å²) in [6.45, 7) is 6.02. The molecule has 1 atom stereocenters. The topological polar surface area (TPSA) is 65.6 Å². The fraction of sp³-hybridized carbons (Fsp3) is 0.200. The molecule has 0 aliphatic heterocycles. The van der Waals surface area contributed by atoms with Gasteiger partial charge in [-0.05, 0) is 49.6 Å². The molecule has 0 aliphatic rings. The first kappa shape index (κ1) is 16.2. The van der Waals surface area contributed by atoms with Gasteiger partial charge in [0.05, 0.1) is 11.7 Å². The molecule has 0 saturated carbocycles. The third kappa shape index (κ3) is 2.69. The van der Waals surface area contributed by atoms with E-state index in [1.807, 2.05) is 63.2 Å². The van der Waals surface area contributed by atoms with E-state index in [9.17, 15) is 4.79 Å². The zero-order valence-electron chi connectivity index (χ0n) is 14.9. The summed E-state index contributed by atoms with van der Waals surface area (Å²) in [6, 6.07) is 15.8. The van der Waals surface area contributed by atoms with Gasteiger partial charge in [0.1, 0.15) is 6.33 Å². The highest BCUT2D eigenvalue weighted by atomic mass is 16.1. The van der Waals surface area contributed by atoms with Gasteiger partial charge in [-0.3, -0.25) is 9.36 Å². The molecule has 130 valence electrons. The molecule has 4 aromatic rings. The molecule has 2 aromatic carbocycles. The molecule has 0 spiro atoms. The van der Waals surface area contributed by atoms with Crippen LogP contribution < -0.4 is 5.56 Å². The third-order valence-corrected chi connectivity index (χ3v) is 4.54. The van der Waals surface area contributed by atoms with E-state index >= 15 is 0 Å². The fourth-order valence-corrected chi connectivity index (χ4v) is 3.24. The second kappa shape index (κ2) is 6.22. The van der Waals surface area contributed by atoms with Gasteiger partial charge in [-0.25, -0.2) is 4.98 Å². The Bertz CT molecular complexity index is 1120. The van der Waals surface area contributed by atoms with E-state index < -0.39 is 0 Å². The number of nitrogens with zero attached hydrogens (tertiary/aromatic N) is 5. The van der Waals surface area contributed by atoms with Crippen LogP contribution in [0.15, 0.2) is 59.7 Å². The van der Waals surface area contributed by atoms with Gasteiger partial charge in [-0.15, -0.1) is 5.10 Å². The van der Waals surface area contributed by atoms with Crippen LogP contribution in [0.4, 0.5) is 0 Å². The molecule has 6 heteroatoms. The van der Waals surface area contributed by atoms with Crippen molar-refractivity contribution in [2.24, 2.45) is 0 Å². The molecule has 0 unspecified atom stereocenters. The van der Waals surface area contributed by atoms with Gasteiger partial charge in [0, 0.05) is 0 Å². The van der Waals surface area contributed by atoms with E-state index in [1.165, 1.54) is 0 Å². The molecule has 0 fully saturated rings. The van der Waals surface area contributed by atoms with Crippen LogP contribution in [0, 0.1) is 13.8 Å². The Balaban J connectivity index is 1.85. The molecule has 0 N–H and O–H groups in total. The van der Waals surface area contributed by atoms with Crippen molar-refractivity contribution in [3.63, 3.8) is 0 Å². The Morgan fingerprint density at radius 3 is 2.38 bits per heavy atom. The van der Waals surface area contributed by atoms with E-state index in [-0.39, 0.29) is 17.1 Å². The molecule has 0 bridgehead atoms. The highest BCUT2D eigenvalue weighted by molar-refractivity contribution is 5.70. The van der Waals surface area contributed by atoms with Crippen LogP contribution in [-0.2, 0) is 0 Å². The number of benzene rings is 2. The number of aryl methyl sites for hydroxylation is 2. The Kier molecular flexibility index (Phi) is 3.88. The summed E-state index contributed by atoms with van der Waals surface area (Å²) >= 11 is 0. The van der Waals surface area contributed by atoms with Crippen LogP contribution in [0.3, 0.4) is 0 Å². The molecular weight excluding hydrogens is 326 g/mol. The van der Waals surface area contributed by atoms with Gasteiger partial charge >= 0.3 is 0 Å². The van der Waals surface area contributed by atoms with Crippen molar-refractivity contribution in [2.45, 2.75) is 26.8 Å². The average molecular weight is 345 g/mol. The highest BCUT2D eigenvalue weighted by Gasteiger charge is 2.17. The molecule has 4 rings (SSSR count). The van der Waals surface area contributed by atoms with E-state index in [4.69, 9.17) is 0 Å². The quantitative estimate of drug-likeness (QED) is 0.572. The zero-order valence-corrected chi connectivity index (χ0v) is 14.9. The molecule has 2 aromatic heterocycles. The Morgan fingerprint density at radius 1 is 1.00 bits per heavy atom. The molecule has 0 radical (unpaired) electrons. The first-order valence-corrected chi connectivity index (χ1v) is 8.51. The van der Waals surface area contributed by atoms with Gasteiger partial charge in [0.15, 0.2) is 11.2 Å². The third-order valence-electron chi connectivity index (χ3n) is 4.54. The standard InChI is InChI=1S/C20H19N5O/c1-13-9-14(2)11-17(10-13)25-19-18(22-23-25)20(26)24(12-21-19)15(3)16-7-5-4-6-8-16/h4-12,15H,1-3H3/t15-/m1/s1. The van der Waals surface area contributed by atoms with Crippen molar-refractivity contribution in [1.82, 2.24) is 24.5 Å². The lowest BCUT2D eigenvalue weighted by Crippen LogP contribution is -2.24. The van der Waals surface area contributed by atoms with Gasteiger partial charge in [-0.2, -0.15) is 4.68 Å². The van der Waals surface area contributed by atoms with Crippen molar-refractivity contribution in [3.05, 3.63) is 81.9 Å². The van der Waals surface area contributed by atoms with Crippen LogP contribution >= 0.6 is 0 Å². The van der Waals surface area contributed by atoms with Gasteiger partial charge < -0.3 is 0 Å². The summed E-state index contributed by atoms with van der Waals surface area (Å²) < 4.78 is 3.21. The lowest BCUT2D eigenvalue weighted by atomic mass is 10.1. The smallest absolute Gasteiger partial charge is 0.284 e. The first-order chi connectivity index (χ1) is 12.5. The van der Waals surface area contributed by atoms with Crippen LogP contribution in [0.5, 0.6) is 0 Å². The normalized spacial score (nSPS) is 12.4. The van der Waals surface area contributed by atoms with Crippen LogP contribution in [0.25, 0.3) is 16.9 Å². The van der Waals surface area contributed by atoms with Gasteiger partial charge in [-0.1, -0.05) is 41.6 Å². The summed E-state index contributed by atoms with van der Waals surface area (Å²) in [5.41, 5.74) is 4.68. The minimum atomic E-state index is -0.193. The van der Waals surface area contributed by atoms with E-state index in [0.29, 0.717) is 5.65 Å². The van der Waals surface area contributed by atoms with Crippen LogP contribution in [-0.4, -0.2) is 24.5 Å². The zero-order chi connectivity index (χ0) is 18.3. The van der Waals surface area contributed by atoms with Gasteiger partial charge in [0.2, 0.25) is 0 Å². The lowest BCUT2D eigenvalue weighted by Gasteiger charge is -2.14. The second-order valence-electron chi connectivity index (χ2n) is 6.56. The Labute approximate surface area is 150 Å². The maximum absolute atomic E-state index is 12.9. The molecular formula is C20H19N5O. The number of fused-ring (bicyclic) bond motifs is 1. The fourth-order valence-electron chi connectivity index (χ4n) is 3.24. The predicted octanol–water partition coefficient (Wildman–Crippen LogP) is 3.20. The minimum absolute atomic E-state index is 0.132. The summed E-state index contributed by atoms with van der Waals surface area (Å²) in [4.78, 5) is 17.4. The van der Waals surface area contributed by atoms with Crippen LogP contribution in [0.2, 0.25) is 0 Å². The molecule has 0 amide bonds. The monoisotopic (exact) mass is 345 g/mol. The van der Waals surface area contributed by atoms with E-state index in [1.54, 1.807) is 15.6 Å². The Hall–Kier alpha value is -3.28. The Morgan fingerprint density at radius 2 is 1.69 bits per heavy atom. The van der Waals surface area contributed by atoms with Crippen molar-refractivity contribution in [2.75, 3.05) is 0 Å². The minimum Gasteiger partial charge on any atom is -0.290 e. The van der Waals surface area contributed by atoms with E-state index in [2.05, 4.69) is 21.4 Å².